The van der Waals surface area contributed by atoms with E-state index >= 15 is 0 Å². The van der Waals surface area contributed by atoms with Crippen molar-refractivity contribution in [3.05, 3.63) is 52.9 Å². The highest BCUT2D eigenvalue weighted by molar-refractivity contribution is 6.35. The Morgan fingerprint density at radius 2 is 1.83 bits per heavy atom. The zero-order valence-electron chi connectivity index (χ0n) is 12.6. The van der Waals surface area contributed by atoms with E-state index in [4.69, 9.17) is 23.2 Å². The Kier molecular flexibility index (Phi) is 3.63. The lowest BCUT2D eigenvalue weighted by Gasteiger charge is -2.06. The maximum atomic E-state index is 6.04. The van der Waals surface area contributed by atoms with E-state index in [0.29, 0.717) is 15.7 Å². The van der Waals surface area contributed by atoms with E-state index in [9.17, 15) is 0 Å². The van der Waals surface area contributed by atoms with Crippen molar-refractivity contribution in [2.75, 3.05) is 5.32 Å². The van der Waals surface area contributed by atoms with Crippen molar-refractivity contribution in [2.24, 2.45) is 7.05 Å². The summed E-state index contributed by atoms with van der Waals surface area (Å²) in [6.07, 6.45) is 5.51. The lowest BCUT2D eigenvalue weighted by molar-refractivity contribution is 0.768. The van der Waals surface area contributed by atoms with Gasteiger partial charge in [0.1, 0.15) is 5.82 Å². The highest BCUT2D eigenvalue weighted by atomic mass is 35.5. The van der Waals surface area contributed by atoms with Crippen molar-refractivity contribution in [1.82, 2.24) is 25.0 Å². The molecule has 1 aromatic carbocycles. The normalized spacial score (nSPS) is 11.1. The summed E-state index contributed by atoms with van der Waals surface area (Å²) in [6, 6.07) is 7.27. The van der Waals surface area contributed by atoms with Gasteiger partial charge >= 0.3 is 0 Å². The molecule has 8 heteroatoms. The first-order valence-electron chi connectivity index (χ1n) is 7.15. The summed E-state index contributed by atoms with van der Waals surface area (Å²) in [5.74, 6) is 0.724. The molecular formula is C16H12Cl2N6. The standard InChI is InChI=1S/C16H12Cl2N6/c1-24-8-10(7-20-24)9-2-14-15(19-6-9)22-23-16(14)21-13-4-11(17)3-12(18)5-13/h2-8H,1H3,(H2,19,21,22,23). The number of halogens is 2. The van der Waals surface area contributed by atoms with Crippen LogP contribution in [0.3, 0.4) is 0 Å². The van der Waals surface area contributed by atoms with Gasteiger partial charge in [-0.3, -0.25) is 9.78 Å². The van der Waals surface area contributed by atoms with Crippen molar-refractivity contribution < 1.29 is 0 Å². The van der Waals surface area contributed by atoms with Gasteiger partial charge in [0, 0.05) is 46.3 Å². The lowest BCUT2D eigenvalue weighted by Crippen LogP contribution is -1.91. The van der Waals surface area contributed by atoms with E-state index in [1.807, 2.05) is 19.3 Å². The zero-order valence-corrected chi connectivity index (χ0v) is 14.1. The van der Waals surface area contributed by atoms with Gasteiger partial charge in [-0.2, -0.15) is 10.2 Å². The fraction of sp³-hybridized carbons (Fsp3) is 0.0625. The van der Waals surface area contributed by atoms with Crippen LogP contribution < -0.4 is 5.32 Å². The molecule has 0 saturated heterocycles. The van der Waals surface area contributed by atoms with Crippen LogP contribution in [0.15, 0.2) is 42.9 Å². The number of hydrogen-bond donors (Lipinski definition) is 2. The number of H-pyrrole nitrogens is 1. The van der Waals surface area contributed by atoms with Crippen molar-refractivity contribution in [2.45, 2.75) is 0 Å². The number of hydrogen-bond acceptors (Lipinski definition) is 4. The Morgan fingerprint density at radius 1 is 1.04 bits per heavy atom. The number of aromatic amines is 1. The molecule has 0 radical (unpaired) electrons. The van der Waals surface area contributed by atoms with E-state index < -0.39 is 0 Å². The van der Waals surface area contributed by atoms with Crippen molar-refractivity contribution in [3.8, 4) is 11.1 Å². The second kappa shape index (κ2) is 5.81. The number of fused-ring (bicyclic) bond motifs is 1. The first-order valence-corrected chi connectivity index (χ1v) is 7.90. The molecular weight excluding hydrogens is 347 g/mol. The zero-order chi connectivity index (χ0) is 16.7. The summed E-state index contributed by atoms with van der Waals surface area (Å²) in [7, 11) is 1.88. The second-order valence-corrected chi connectivity index (χ2v) is 6.25. The minimum Gasteiger partial charge on any atom is -0.340 e. The fourth-order valence-electron chi connectivity index (χ4n) is 2.49. The Bertz CT molecular complexity index is 1020. The van der Waals surface area contributed by atoms with Crippen LogP contribution in [0.5, 0.6) is 0 Å². The minimum absolute atomic E-state index is 0.558. The predicted molar refractivity (Wildman–Crippen MR) is 95.8 cm³/mol. The van der Waals surface area contributed by atoms with Crippen LogP contribution in [0.25, 0.3) is 22.2 Å². The van der Waals surface area contributed by atoms with E-state index in [1.54, 1.807) is 35.3 Å². The molecule has 6 nitrogen and oxygen atoms in total. The molecule has 3 heterocycles. The van der Waals surface area contributed by atoms with Crippen LogP contribution in [0, 0.1) is 0 Å². The van der Waals surface area contributed by atoms with Gasteiger partial charge in [0.05, 0.1) is 11.6 Å². The number of nitrogens with one attached hydrogen (secondary N) is 2. The van der Waals surface area contributed by atoms with E-state index in [0.717, 1.165) is 28.0 Å². The average Bonchev–Trinajstić information content (AvgIpc) is 3.13. The van der Waals surface area contributed by atoms with Crippen LogP contribution in [-0.2, 0) is 7.05 Å². The molecule has 0 unspecified atom stereocenters. The fourth-order valence-corrected chi connectivity index (χ4v) is 3.02. The monoisotopic (exact) mass is 358 g/mol. The van der Waals surface area contributed by atoms with Crippen molar-refractivity contribution >= 4 is 45.7 Å². The number of aryl methyl sites for hydroxylation is 1. The van der Waals surface area contributed by atoms with Gasteiger partial charge in [-0.15, -0.1) is 0 Å². The van der Waals surface area contributed by atoms with E-state index in [-0.39, 0.29) is 0 Å². The highest BCUT2D eigenvalue weighted by Gasteiger charge is 2.10. The Labute approximate surface area is 147 Å². The third-order valence-corrected chi connectivity index (χ3v) is 4.02. The lowest BCUT2D eigenvalue weighted by atomic mass is 10.1. The second-order valence-electron chi connectivity index (χ2n) is 5.38. The van der Waals surface area contributed by atoms with Gasteiger partial charge in [-0.25, -0.2) is 4.98 Å². The molecule has 0 amide bonds. The summed E-state index contributed by atoms with van der Waals surface area (Å²) in [5.41, 5.74) is 3.34. The molecule has 0 aliphatic heterocycles. The SMILES string of the molecule is Cn1cc(-c2cnc3n[nH]c(Nc4cc(Cl)cc(Cl)c4)c3c2)cn1. The first-order chi connectivity index (χ1) is 11.6. The Balaban J connectivity index is 1.75. The molecule has 0 bridgehead atoms. The molecule has 3 aromatic heterocycles. The van der Waals surface area contributed by atoms with Crippen LogP contribution in [0.1, 0.15) is 0 Å². The summed E-state index contributed by atoms with van der Waals surface area (Å²) in [6.45, 7) is 0. The molecule has 4 rings (SSSR count). The first kappa shape index (κ1) is 15.0. The van der Waals surface area contributed by atoms with Gasteiger partial charge < -0.3 is 5.32 Å². The predicted octanol–water partition coefficient (Wildman–Crippen LogP) is 4.41. The summed E-state index contributed by atoms with van der Waals surface area (Å²) in [4.78, 5) is 4.39. The van der Waals surface area contributed by atoms with Crippen LogP contribution >= 0.6 is 23.2 Å². The molecule has 2 N–H and O–H groups in total. The minimum atomic E-state index is 0.558. The van der Waals surface area contributed by atoms with Crippen LogP contribution in [0.2, 0.25) is 10.0 Å². The smallest absolute Gasteiger partial charge is 0.183 e. The third kappa shape index (κ3) is 2.81. The molecule has 4 aromatic rings. The van der Waals surface area contributed by atoms with Gasteiger partial charge in [0.2, 0.25) is 0 Å². The molecule has 0 saturated carbocycles. The Hall–Kier alpha value is -2.57. The quantitative estimate of drug-likeness (QED) is 0.568. The number of anilines is 2. The molecule has 120 valence electrons. The van der Waals surface area contributed by atoms with E-state index in [1.165, 1.54) is 0 Å². The molecule has 0 atom stereocenters. The number of nitrogens with zero attached hydrogens (tertiary/aromatic N) is 4. The van der Waals surface area contributed by atoms with Crippen molar-refractivity contribution in [3.63, 3.8) is 0 Å². The van der Waals surface area contributed by atoms with Crippen molar-refractivity contribution in [1.29, 1.82) is 0 Å². The molecule has 0 spiro atoms. The number of rotatable bonds is 3. The molecule has 24 heavy (non-hydrogen) atoms. The summed E-state index contributed by atoms with van der Waals surface area (Å²) >= 11 is 12.1. The number of benzene rings is 1. The van der Waals surface area contributed by atoms with Crippen LogP contribution in [-0.4, -0.2) is 25.0 Å². The molecule has 0 aliphatic rings. The van der Waals surface area contributed by atoms with Gasteiger partial charge in [0.15, 0.2) is 5.65 Å². The molecule has 0 aliphatic carbocycles. The van der Waals surface area contributed by atoms with E-state index in [2.05, 4.69) is 25.6 Å². The maximum Gasteiger partial charge on any atom is 0.183 e. The maximum absolute atomic E-state index is 6.04. The summed E-state index contributed by atoms with van der Waals surface area (Å²) < 4.78 is 1.75. The third-order valence-electron chi connectivity index (χ3n) is 3.58. The highest BCUT2D eigenvalue weighted by Crippen LogP contribution is 2.29. The topological polar surface area (TPSA) is 71.4 Å². The van der Waals surface area contributed by atoms with Gasteiger partial charge in [0.25, 0.3) is 0 Å². The van der Waals surface area contributed by atoms with Crippen LogP contribution in [0.4, 0.5) is 11.5 Å². The largest absolute Gasteiger partial charge is 0.340 e. The average molecular weight is 359 g/mol. The summed E-state index contributed by atoms with van der Waals surface area (Å²) in [5, 5.41) is 16.6. The number of pyridine rings is 1. The molecule has 0 fully saturated rings. The van der Waals surface area contributed by atoms with Gasteiger partial charge in [-0.05, 0) is 24.3 Å². The number of aromatic nitrogens is 5. The Morgan fingerprint density at radius 3 is 2.54 bits per heavy atom. The van der Waals surface area contributed by atoms with Gasteiger partial charge in [-0.1, -0.05) is 23.2 Å².